The third kappa shape index (κ3) is 8.52. The van der Waals surface area contributed by atoms with Crippen LogP contribution in [-0.2, 0) is 35.6 Å². The second-order valence-corrected chi connectivity index (χ2v) is 17.9. The molecule has 3 aromatic carbocycles. The van der Waals surface area contributed by atoms with Gasteiger partial charge >= 0.3 is 0 Å². The number of alkyl halides is 1. The number of aryl methyl sites for hydroxylation is 5. The molecule has 0 spiro atoms. The van der Waals surface area contributed by atoms with Gasteiger partial charge in [-0.2, -0.15) is 5.10 Å². The molecule has 9 rings (SSSR count). The Labute approximate surface area is 388 Å². The fraction of sp³-hybridized carbons (Fsp3) is 0.408. The first kappa shape index (κ1) is 44.8. The summed E-state index contributed by atoms with van der Waals surface area (Å²) in [7, 11) is 1.67. The number of hydrogen-bond acceptors (Lipinski definition) is 10. The zero-order chi connectivity index (χ0) is 45.5. The number of aliphatic hydroxyl groups excluding tert-OH is 1. The number of carbonyl (C=O) groups excluding carboxylic acids is 1. The van der Waals surface area contributed by atoms with Crippen molar-refractivity contribution in [2.75, 3.05) is 58.1 Å². The smallest absolute Gasteiger partial charge is 0.276 e. The van der Waals surface area contributed by atoms with E-state index in [9.17, 15) is 5.11 Å². The van der Waals surface area contributed by atoms with Crippen molar-refractivity contribution < 1.29 is 24.1 Å². The van der Waals surface area contributed by atoms with Gasteiger partial charge in [-0.05, 0) is 94.5 Å². The van der Waals surface area contributed by atoms with Crippen molar-refractivity contribution in [1.29, 1.82) is 0 Å². The maximum atomic E-state index is 15.8. The summed E-state index contributed by atoms with van der Waals surface area (Å²) in [5.74, 6) is 1.51. The number of anilines is 1. The highest BCUT2D eigenvalue weighted by molar-refractivity contribution is 6.32. The van der Waals surface area contributed by atoms with Crippen LogP contribution in [0.25, 0.3) is 44.3 Å². The van der Waals surface area contributed by atoms with Gasteiger partial charge in [0.1, 0.15) is 29.9 Å². The fourth-order valence-corrected chi connectivity index (χ4v) is 10.0. The van der Waals surface area contributed by atoms with Gasteiger partial charge in [0.2, 0.25) is 0 Å². The number of benzene rings is 3. The zero-order valence-corrected chi connectivity index (χ0v) is 39.3. The number of ether oxygens (including phenoxy) is 3. The first-order valence-corrected chi connectivity index (χ1v) is 23.1. The van der Waals surface area contributed by atoms with Crippen LogP contribution >= 0.6 is 23.2 Å². The lowest BCUT2D eigenvalue weighted by Crippen LogP contribution is -2.47. The van der Waals surface area contributed by atoms with Crippen LogP contribution in [0.15, 0.2) is 61.1 Å². The highest BCUT2D eigenvalue weighted by Gasteiger charge is 2.42. The summed E-state index contributed by atoms with van der Waals surface area (Å²) in [6, 6.07) is 15.9. The minimum Gasteiger partial charge on any atom is -0.494 e. The van der Waals surface area contributed by atoms with Crippen LogP contribution in [0.4, 0.5) is 5.69 Å². The number of carbonyl (C=O) groups is 1. The standard InChI is InChI=1S/C49H55Cl2N9O5/c1-29-23-35(24-30(2)44(29)50)65-19-8-11-37-36-9-7-10-38(43-31(3)53-42(27-61)54-32(43)4)45(36)59-33(5)47(51)60(49(62)46(37)59)41-26-57(15-14-56-16-21-64-22-17-56)40-13-12-34(25-39(40)41)48-52-28-58(55-48)18-20-63-6/h7,9-10,12-13,23-26,28,33,47,61H,8,11,14-22,27H2,1-6H3. The van der Waals surface area contributed by atoms with E-state index in [1.54, 1.807) is 23.0 Å². The van der Waals surface area contributed by atoms with Gasteiger partial charge in [-0.15, -0.1) is 0 Å². The molecule has 4 aromatic heterocycles. The minimum atomic E-state index is -0.769. The molecule has 65 heavy (non-hydrogen) atoms. The fourth-order valence-electron chi connectivity index (χ4n) is 9.60. The quantitative estimate of drug-likeness (QED) is 0.0606. The lowest BCUT2D eigenvalue weighted by atomic mass is 9.97. The number of aromatic nitrogens is 7. The maximum Gasteiger partial charge on any atom is 0.276 e. The summed E-state index contributed by atoms with van der Waals surface area (Å²) in [6.07, 6.45) is 5.00. The Bertz CT molecular complexity index is 2850. The Balaban J connectivity index is 1.17. The number of methoxy groups -OCH3 is 1. The number of nitrogens with zero attached hydrogens (tertiary/aromatic N) is 9. The molecule has 1 amide bonds. The molecule has 1 saturated heterocycles. The lowest BCUT2D eigenvalue weighted by Gasteiger charge is -2.38. The number of rotatable bonds is 15. The van der Waals surface area contributed by atoms with Crippen LogP contribution in [0, 0.1) is 27.7 Å². The summed E-state index contributed by atoms with van der Waals surface area (Å²) in [6.45, 7) is 15.9. The van der Waals surface area contributed by atoms with Crippen molar-refractivity contribution in [2.24, 2.45) is 0 Å². The average molecular weight is 921 g/mol. The van der Waals surface area contributed by atoms with Gasteiger partial charge in [-0.1, -0.05) is 41.4 Å². The van der Waals surface area contributed by atoms with Crippen LogP contribution in [-0.4, -0.2) is 108 Å². The van der Waals surface area contributed by atoms with E-state index in [0.717, 1.165) is 103 Å². The van der Waals surface area contributed by atoms with Crippen molar-refractivity contribution in [3.8, 4) is 28.3 Å². The van der Waals surface area contributed by atoms with Crippen LogP contribution < -0.4 is 9.64 Å². The minimum absolute atomic E-state index is 0.190. The number of fused-ring (bicyclic) bond motifs is 4. The second kappa shape index (κ2) is 18.9. The van der Waals surface area contributed by atoms with Gasteiger partial charge in [-0.3, -0.25) is 19.3 Å². The Kier molecular flexibility index (Phi) is 13.0. The summed E-state index contributed by atoms with van der Waals surface area (Å²) in [5.41, 5.74) is 9.33. The van der Waals surface area contributed by atoms with Gasteiger partial charge < -0.3 is 28.5 Å². The largest absolute Gasteiger partial charge is 0.494 e. The third-order valence-electron chi connectivity index (χ3n) is 12.8. The molecule has 1 fully saturated rings. The molecule has 16 heteroatoms. The molecular weight excluding hydrogens is 866 g/mol. The highest BCUT2D eigenvalue weighted by Crippen LogP contribution is 2.46. The van der Waals surface area contributed by atoms with Crippen LogP contribution in [0.3, 0.4) is 0 Å². The van der Waals surface area contributed by atoms with E-state index in [1.165, 1.54) is 0 Å². The van der Waals surface area contributed by atoms with E-state index in [4.69, 9.17) is 42.5 Å². The Hall–Kier alpha value is -5.35. The summed E-state index contributed by atoms with van der Waals surface area (Å²) < 4.78 is 23.4. The number of amides is 1. The van der Waals surface area contributed by atoms with E-state index < -0.39 is 5.50 Å². The Morgan fingerprint density at radius 2 is 1.69 bits per heavy atom. The molecule has 6 heterocycles. The van der Waals surface area contributed by atoms with Crippen molar-refractivity contribution in [3.63, 3.8) is 0 Å². The lowest BCUT2D eigenvalue weighted by molar-refractivity contribution is 0.0365. The van der Waals surface area contributed by atoms with Gasteiger partial charge in [0.05, 0.1) is 55.7 Å². The van der Waals surface area contributed by atoms with Crippen molar-refractivity contribution >= 4 is 56.6 Å². The normalized spacial score (nSPS) is 16.9. The monoisotopic (exact) mass is 919 g/mol. The molecule has 340 valence electrons. The predicted molar refractivity (Wildman–Crippen MR) is 254 cm³/mol. The molecule has 0 aliphatic carbocycles. The van der Waals surface area contributed by atoms with Gasteiger partial charge in [0.25, 0.3) is 5.91 Å². The SMILES string of the molecule is COCCn1cnc(-c2ccc3c(c2)c(N2C(=O)c4c(CCCOc5cc(C)c(Cl)c(C)c5)c5cccc(-c6c(C)nc(CO)nc6C)c5n4C(C)C2Cl)cn3CCN2CCOCC2)n1. The number of halogens is 2. The molecule has 14 nitrogen and oxygen atoms in total. The molecule has 0 saturated carbocycles. The van der Waals surface area contributed by atoms with Gasteiger partial charge in [-0.25, -0.2) is 15.0 Å². The molecule has 1 N–H and O–H groups in total. The topological polar surface area (TPSA) is 138 Å². The van der Waals surface area contributed by atoms with Gasteiger partial charge in [0.15, 0.2) is 11.6 Å². The van der Waals surface area contributed by atoms with E-state index in [0.29, 0.717) is 69.7 Å². The van der Waals surface area contributed by atoms with Crippen molar-refractivity contribution in [2.45, 2.75) is 78.7 Å². The van der Waals surface area contributed by atoms with E-state index >= 15 is 4.79 Å². The Morgan fingerprint density at radius 1 is 0.938 bits per heavy atom. The van der Waals surface area contributed by atoms with Crippen LogP contribution in [0.1, 0.15) is 63.8 Å². The summed E-state index contributed by atoms with van der Waals surface area (Å²) in [5, 5.41) is 17.3. The number of morpholine rings is 1. The first-order chi connectivity index (χ1) is 31.5. The second-order valence-electron chi connectivity index (χ2n) is 17.1. The molecule has 0 radical (unpaired) electrons. The average Bonchev–Trinajstić information content (AvgIpc) is 4.02. The first-order valence-electron chi connectivity index (χ1n) is 22.3. The summed E-state index contributed by atoms with van der Waals surface area (Å²) in [4.78, 5) is 33.9. The Morgan fingerprint density at radius 3 is 2.42 bits per heavy atom. The van der Waals surface area contributed by atoms with E-state index in [2.05, 4.69) is 66.4 Å². The molecule has 7 aromatic rings. The van der Waals surface area contributed by atoms with Crippen LogP contribution in [0.2, 0.25) is 5.02 Å². The zero-order valence-electron chi connectivity index (χ0n) is 37.8. The predicted octanol–water partition coefficient (Wildman–Crippen LogP) is 8.47. The molecule has 2 unspecified atom stereocenters. The number of para-hydroxylation sites is 1. The van der Waals surface area contributed by atoms with E-state index in [-0.39, 0.29) is 18.6 Å². The number of aliphatic hydroxyl groups is 1. The molecule has 0 bridgehead atoms. The molecular formula is C49H55Cl2N9O5. The summed E-state index contributed by atoms with van der Waals surface area (Å²) >= 11 is 14.2. The third-order valence-corrected chi connectivity index (χ3v) is 13.9. The molecule has 2 aliphatic heterocycles. The number of hydrogen-bond donors (Lipinski definition) is 1. The maximum absolute atomic E-state index is 15.8. The van der Waals surface area contributed by atoms with Crippen molar-refractivity contribution in [1.82, 2.24) is 38.8 Å². The van der Waals surface area contributed by atoms with E-state index in [1.807, 2.05) is 52.0 Å². The van der Waals surface area contributed by atoms with Crippen molar-refractivity contribution in [3.05, 3.63) is 106 Å². The molecule has 2 atom stereocenters. The highest BCUT2D eigenvalue weighted by atomic mass is 35.5. The van der Waals surface area contributed by atoms with Gasteiger partial charge in [0, 0.05) is 83.4 Å². The van der Waals surface area contributed by atoms with Crippen LogP contribution in [0.5, 0.6) is 5.75 Å². The molecule has 2 aliphatic rings.